The molecular weight excluding hydrogens is 280 g/mol. The van der Waals surface area contributed by atoms with Crippen LogP contribution in [-0.4, -0.2) is 34.1 Å². The second-order valence-corrected chi connectivity index (χ2v) is 6.90. The van der Waals surface area contributed by atoms with Crippen LogP contribution in [0.2, 0.25) is 0 Å². The minimum Gasteiger partial charge on any atom is -0.370 e. The second kappa shape index (κ2) is 8.47. The quantitative estimate of drug-likeness (QED) is 0.709. The Kier molecular flexibility index (Phi) is 7.29. The highest BCUT2D eigenvalue weighted by Crippen LogP contribution is 2.30. The molecule has 0 aromatic carbocycles. The zero-order valence-corrected chi connectivity index (χ0v) is 15.1. The van der Waals surface area contributed by atoms with E-state index in [0.29, 0.717) is 5.92 Å². The molecule has 0 fully saturated rings. The lowest BCUT2D eigenvalue weighted by Crippen LogP contribution is -2.32. The number of nitrogens with one attached hydrogen (secondary N) is 2. The van der Waals surface area contributed by atoms with Crippen LogP contribution in [0.1, 0.15) is 59.2 Å². The Morgan fingerprint density at radius 3 is 2.10 bits per heavy atom. The molecule has 0 bridgehead atoms. The number of aromatic nitrogens is 2. The molecule has 0 saturated carbocycles. The van der Waals surface area contributed by atoms with Crippen molar-refractivity contribution in [3.63, 3.8) is 0 Å². The zero-order valence-electron chi connectivity index (χ0n) is 14.3. The summed E-state index contributed by atoms with van der Waals surface area (Å²) in [6.07, 6.45) is 4.50. The zero-order chi connectivity index (χ0) is 15.9. The Morgan fingerprint density at radius 2 is 1.67 bits per heavy atom. The van der Waals surface area contributed by atoms with Gasteiger partial charge in [-0.3, -0.25) is 0 Å². The molecule has 5 heteroatoms. The summed E-state index contributed by atoms with van der Waals surface area (Å²) in [5, 5.41) is 6.81. The maximum Gasteiger partial charge on any atom is 0.135 e. The molecule has 0 unspecified atom stereocenters. The number of hydrogen-bond acceptors (Lipinski definition) is 5. The van der Waals surface area contributed by atoms with Crippen LogP contribution in [0.25, 0.3) is 0 Å². The van der Waals surface area contributed by atoms with E-state index in [1.165, 1.54) is 0 Å². The van der Waals surface area contributed by atoms with Crippen LogP contribution >= 0.6 is 11.8 Å². The molecule has 1 heterocycles. The smallest absolute Gasteiger partial charge is 0.135 e. The predicted molar refractivity (Wildman–Crippen MR) is 95.6 cm³/mol. The second-order valence-electron chi connectivity index (χ2n) is 5.63. The van der Waals surface area contributed by atoms with Crippen LogP contribution in [0.3, 0.4) is 0 Å². The summed E-state index contributed by atoms with van der Waals surface area (Å²) in [7, 11) is 0. The molecule has 0 spiro atoms. The lowest BCUT2D eigenvalue weighted by atomic mass is 10.0. The molecule has 0 aliphatic carbocycles. The van der Waals surface area contributed by atoms with Gasteiger partial charge in [0, 0.05) is 29.8 Å². The van der Waals surface area contributed by atoms with Crippen LogP contribution in [0.4, 0.5) is 11.6 Å². The molecule has 1 rings (SSSR count). The highest BCUT2D eigenvalue weighted by Gasteiger charge is 2.24. The lowest BCUT2D eigenvalue weighted by molar-refractivity contribution is 0.573. The standard InChI is InChI=1S/C16H30N4S/c1-7-16(8-2,21-6)11-18-14-10-13(17-9-3)19-15(20-14)12(4)5/h10,12H,7-9,11H2,1-6H3,(H2,17,18,19,20). The van der Waals surface area contributed by atoms with Crippen molar-refractivity contribution in [2.75, 3.05) is 30.0 Å². The Hall–Kier alpha value is -0.970. The van der Waals surface area contributed by atoms with Gasteiger partial charge in [-0.05, 0) is 26.0 Å². The molecule has 2 N–H and O–H groups in total. The van der Waals surface area contributed by atoms with Gasteiger partial charge >= 0.3 is 0 Å². The summed E-state index contributed by atoms with van der Waals surface area (Å²) in [5.74, 6) is 3.04. The monoisotopic (exact) mass is 310 g/mol. The van der Waals surface area contributed by atoms with Crippen LogP contribution in [-0.2, 0) is 0 Å². The number of thioether (sulfide) groups is 1. The normalized spacial score (nSPS) is 11.8. The summed E-state index contributed by atoms with van der Waals surface area (Å²) >= 11 is 1.94. The molecule has 21 heavy (non-hydrogen) atoms. The third kappa shape index (κ3) is 5.06. The molecule has 0 atom stereocenters. The van der Waals surface area contributed by atoms with E-state index in [4.69, 9.17) is 0 Å². The average molecular weight is 311 g/mol. The van der Waals surface area contributed by atoms with Crippen LogP contribution in [0, 0.1) is 0 Å². The molecule has 120 valence electrons. The highest BCUT2D eigenvalue weighted by molar-refractivity contribution is 8.00. The van der Waals surface area contributed by atoms with Crippen molar-refractivity contribution in [1.82, 2.24) is 9.97 Å². The summed E-state index contributed by atoms with van der Waals surface area (Å²) in [4.78, 5) is 9.21. The van der Waals surface area contributed by atoms with E-state index in [9.17, 15) is 0 Å². The van der Waals surface area contributed by atoms with Gasteiger partial charge in [-0.25, -0.2) is 9.97 Å². The van der Waals surface area contributed by atoms with Crippen LogP contribution in [0.5, 0.6) is 0 Å². The van der Waals surface area contributed by atoms with Gasteiger partial charge in [-0.15, -0.1) is 0 Å². The topological polar surface area (TPSA) is 49.8 Å². The van der Waals surface area contributed by atoms with Gasteiger partial charge in [0.1, 0.15) is 17.5 Å². The Balaban J connectivity index is 2.91. The van der Waals surface area contributed by atoms with Gasteiger partial charge < -0.3 is 10.6 Å². The van der Waals surface area contributed by atoms with Gasteiger partial charge in [0.15, 0.2) is 0 Å². The largest absolute Gasteiger partial charge is 0.370 e. The van der Waals surface area contributed by atoms with E-state index >= 15 is 0 Å². The molecule has 1 aromatic rings. The summed E-state index contributed by atoms with van der Waals surface area (Å²) < 4.78 is 0.279. The van der Waals surface area contributed by atoms with E-state index in [-0.39, 0.29) is 4.75 Å². The number of nitrogens with zero attached hydrogens (tertiary/aromatic N) is 2. The maximum atomic E-state index is 4.65. The van der Waals surface area contributed by atoms with Crippen molar-refractivity contribution >= 4 is 23.4 Å². The molecule has 1 aromatic heterocycles. The fourth-order valence-corrected chi connectivity index (χ4v) is 2.99. The van der Waals surface area contributed by atoms with Crippen molar-refractivity contribution < 1.29 is 0 Å². The highest BCUT2D eigenvalue weighted by atomic mass is 32.2. The van der Waals surface area contributed by atoms with Crippen molar-refractivity contribution in [2.24, 2.45) is 0 Å². The van der Waals surface area contributed by atoms with Crippen molar-refractivity contribution in [1.29, 1.82) is 0 Å². The van der Waals surface area contributed by atoms with E-state index in [0.717, 1.165) is 43.4 Å². The first-order valence-electron chi connectivity index (χ1n) is 7.92. The third-order valence-corrected chi connectivity index (χ3v) is 5.52. The molecule has 0 aliphatic rings. The van der Waals surface area contributed by atoms with E-state index < -0.39 is 0 Å². The maximum absolute atomic E-state index is 4.65. The van der Waals surface area contributed by atoms with Crippen molar-refractivity contribution in [3.8, 4) is 0 Å². The molecule has 0 amide bonds. The van der Waals surface area contributed by atoms with Gasteiger partial charge in [0.05, 0.1) is 0 Å². The fraction of sp³-hybridized carbons (Fsp3) is 0.750. The Bertz CT molecular complexity index is 422. The first-order chi connectivity index (χ1) is 10.00. The average Bonchev–Trinajstić information content (AvgIpc) is 2.49. The summed E-state index contributed by atoms with van der Waals surface area (Å²) in [6.45, 7) is 12.6. The van der Waals surface area contributed by atoms with E-state index in [1.54, 1.807) is 0 Å². The summed E-state index contributed by atoms with van der Waals surface area (Å²) in [5.41, 5.74) is 0. The lowest BCUT2D eigenvalue weighted by Gasteiger charge is -2.30. The van der Waals surface area contributed by atoms with E-state index in [1.807, 2.05) is 17.8 Å². The van der Waals surface area contributed by atoms with Gasteiger partial charge in [-0.2, -0.15) is 11.8 Å². The Labute approximate surface area is 133 Å². The van der Waals surface area contributed by atoms with Gasteiger partial charge in [0.25, 0.3) is 0 Å². The number of anilines is 2. The van der Waals surface area contributed by atoms with Gasteiger partial charge in [-0.1, -0.05) is 27.7 Å². The number of rotatable bonds is 9. The van der Waals surface area contributed by atoms with Gasteiger partial charge in [0.2, 0.25) is 0 Å². The van der Waals surface area contributed by atoms with Crippen LogP contribution < -0.4 is 10.6 Å². The summed E-state index contributed by atoms with van der Waals surface area (Å²) in [6, 6.07) is 2.01. The Morgan fingerprint density at radius 1 is 1.10 bits per heavy atom. The minimum absolute atomic E-state index is 0.279. The molecule has 0 saturated heterocycles. The molecular formula is C16H30N4S. The van der Waals surface area contributed by atoms with Crippen LogP contribution in [0.15, 0.2) is 6.07 Å². The number of hydrogen-bond donors (Lipinski definition) is 2. The van der Waals surface area contributed by atoms with Crippen molar-refractivity contribution in [2.45, 2.75) is 58.1 Å². The van der Waals surface area contributed by atoms with Crippen molar-refractivity contribution in [3.05, 3.63) is 11.9 Å². The first-order valence-corrected chi connectivity index (χ1v) is 9.14. The van der Waals surface area contributed by atoms with E-state index in [2.05, 4.69) is 61.5 Å². The molecule has 0 aliphatic heterocycles. The molecule has 0 radical (unpaired) electrons. The SMILES string of the molecule is CCNc1cc(NCC(CC)(CC)SC)nc(C(C)C)n1. The minimum atomic E-state index is 0.279. The first kappa shape index (κ1) is 18.1. The molecule has 4 nitrogen and oxygen atoms in total. The predicted octanol–water partition coefficient (Wildman–Crippen LogP) is 4.37. The third-order valence-electron chi connectivity index (χ3n) is 3.93. The fourth-order valence-electron chi connectivity index (χ4n) is 2.20.